The van der Waals surface area contributed by atoms with E-state index in [1.165, 1.54) is 6.07 Å². The van der Waals surface area contributed by atoms with E-state index < -0.39 is 4.92 Å². The van der Waals surface area contributed by atoms with E-state index in [1.54, 1.807) is 24.3 Å². The van der Waals surface area contributed by atoms with Gasteiger partial charge < -0.3 is 15.4 Å². The summed E-state index contributed by atoms with van der Waals surface area (Å²) in [5.41, 5.74) is 1.80. The molecule has 0 amide bonds. The first kappa shape index (κ1) is 17.7. The summed E-state index contributed by atoms with van der Waals surface area (Å²) < 4.78 is 5.77. The predicted molar refractivity (Wildman–Crippen MR) is 106 cm³/mol. The van der Waals surface area contributed by atoms with E-state index in [4.69, 9.17) is 4.74 Å². The number of nitro groups is 1. The molecule has 1 aromatic heterocycles. The molecule has 0 aliphatic carbocycles. The summed E-state index contributed by atoms with van der Waals surface area (Å²) in [6, 6.07) is 13.8. The third-order valence-electron chi connectivity index (χ3n) is 4.50. The second-order valence-electron chi connectivity index (χ2n) is 6.49. The molecule has 2 N–H and O–H groups in total. The Morgan fingerprint density at radius 2 is 2.11 bits per heavy atom. The Hall–Kier alpha value is -3.68. The zero-order valence-corrected chi connectivity index (χ0v) is 15.3. The molecule has 1 aliphatic heterocycles. The lowest BCUT2D eigenvalue weighted by atomic mass is 10.0. The van der Waals surface area contributed by atoms with Crippen LogP contribution in [-0.4, -0.2) is 21.4 Å². The number of benzene rings is 2. The van der Waals surface area contributed by atoms with Gasteiger partial charge in [0, 0.05) is 36.1 Å². The normalized spacial score (nSPS) is 15.2. The van der Waals surface area contributed by atoms with Crippen LogP contribution in [-0.2, 0) is 0 Å². The summed E-state index contributed by atoms with van der Waals surface area (Å²) in [5, 5.41) is 18.0. The standard InChI is InChI=1S/C20H19N5O3/c1-13-22-12-16-17(9-10-21-20(16)23-13)24-14-5-4-6-15(11-14)28-19-8-3-2-7-18(19)25(26)27/h2-8,11-12,17,24H,9-10H2,1H3,(H,21,22,23). The number of nitro benzene ring substituents is 1. The molecule has 4 rings (SSSR count). The van der Waals surface area contributed by atoms with Crippen LogP contribution in [0.2, 0.25) is 0 Å². The van der Waals surface area contributed by atoms with E-state index in [2.05, 4.69) is 20.6 Å². The van der Waals surface area contributed by atoms with E-state index in [1.807, 2.05) is 31.3 Å². The molecule has 0 fully saturated rings. The third-order valence-corrected chi connectivity index (χ3v) is 4.50. The van der Waals surface area contributed by atoms with Crippen LogP contribution in [0.5, 0.6) is 11.5 Å². The van der Waals surface area contributed by atoms with Crippen molar-refractivity contribution in [2.24, 2.45) is 0 Å². The Morgan fingerprint density at radius 3 is 2.96 bits per heavy atom. The molecule has 1 atom stereocenters. The second-order valence-corrected chi connectivity index (χ2v) is 6.49. The molecule has 0 spiro atoms. The molecule has 1 aliphatic rings. The van der Waals surface area contributed by atoms with Crippen molar-refractivity contribution >= 4 is 17.2 Å². The molecule has 1 unspecified atom stereocenters. The first-order chi connectivity index (χ1) is 13.6. The number of nitrogens with zero attached hydrogens (tertiary/aromatic N) is 3. The van der Waals surface area contributed by atoms with Crippen molar-refractivity contribution in [1.82, 2.24) is 9.97 Å². The highest BCUT2D eigenvalue weighted by atomic mass is 16.6. The van der Waals surface area contributed by atoms with Crippen LogP contribution >= 0.6 is 0 Å². The molecular formula is C20H19N5O3. The van der Waals surface area contributed by atoms with Gasteiger partial charge in [0.05, 0.1) is 11.0 Å². The van der Waals surface area contributed by atoms with Gasteiger partial charge in [-0.05, 0) is 31.5 Å². The van der Waals surface area contributed by atoms with Crippen molar-refractivity contribution in [2.75, 3.05) is 17.2 Å². The maximum atomic E-state index is 11.2. The largest absolute Gasteiger partial charge is 0.450 e. The Kier molecular flexibility index (Phi) is 4.76. The highest BCUT2D eigenvalue weighted by molar-refractivity contribution is 5.56. The molecule has 2 aromatic carbocycles. The number of hydrogen-bond acceptors (Lipinski definition) is 7. The summed E-state index contributed by atoms with van der Waals surface area (Å²) >= 11 is 0. The number of aromatic nitrogens is 2. The number of rotatable bonds is 5. The number of anilines is 2. The fourth-order valence-electron chi connectivity index (χ4n) is 3.19. The van der Waals surface area contributed by atoms with E-state index >= 15 is 0 Å². The highest BCUT2D eigenvalue weighted by Gasteiger charge is 2.22. The molecule has 3 aromatic rings. The van der Waals surface area contributed by atoms with Crippen LogP contribution in [0.15, 0.2) is 54.7 Å². The van der Waals surface area contributed by atoms with Crippen molar-refractivity contribution in [1.29, 1.82) is 0 Å². The Morgan fingerprint density at radius 1 is 1.25 bits per heavy atom. The maximum Gasteiger partial charge on any atom is 0.311 e. The van der Waals surface area contributed by atoms with Gasteiger partial charge in [0.15, 0.2) is 0 Å². The zero-order valence-electron chi connectivity index (χ0n) is 15.3. The third kappa shape index (κ3) is 3.71. The van der Waals surface area contributed by atoms with Crippen LogP contribution < -0.4 is 15.4 Å². The maximum absolute atomic E-state index is 11.2. The van der Waals surface area contributed by atoms with Gasteiger partial charge in [-0.2, -0.15) is 0 Å². The summed E-state index contributed by atoms with van der Waals surface area (Å²) in [7, 11) is 0. The number of fused-ring (bicyclic) bond motifs is 1. The van der Waals surface area contributed by atoms with Crippen LogP contribution in [0.25, 0.3) is 0 Å². The summed E-state index contributed by atoms with van der Waals surface area (Å²) in [4.78, 5) is 19.5. The molecule has 28 heavy (non-hydrogen) atoms. The molecule has 8 heteroatoms. The van der Waals surface area contributed by atoms with Gasteiger partial charge >= 0.3 is 5.69 Å². The van der Waals surface area contributed by atoms with Gasteiger partial charge in [0.2, 0.25) is 5.75 Å². The summed E-state index contributed by atoms with van der Waals surface area (Å²) in [5.74, 6) is 2.31. The molecule has 0 bridgehead atoms. The fourth-order valence-corrected chi connectivity index (χ4v) is 3.19. The van der Waals surface area contributed by atoms with Gasteiger partial charge in [-0.15, -0.1) is 0 Å². The minimum absolute atomic E-state index is 0.0677. The quantitative estimate of drug-likeness (QED) is 0.500. The lowest BCUT2D eigenvalue weighted by Gasteiger charge is -2.27. The van der Waals surface area contributed by atoms with Crippen LogP contribution in [0.1, 0.15) is 23.9 Å². The van der Waals surface area contributed by atoms with Crippen LogP contribution in [0.4, 0.5) is 17.2 Å². The van der Waals surface area contributed by atoms with Crippen molar-refractivity contribution in [3.63, 3.8) is 0 Å². The molecule has 8 nitrogen and oxygen atoms in total. The molecule has 0 saturated carbocycles. The number of ether oxygens (including phenoxy) is 1. The van der Waals surface area contributed by atoms with Crippen molar-refractivity contribution in [3.05, 3.63) is 76.2 Å². The first-order valence-electron chi connectivity index (χ1n) is 8.95. The molecular weight excluding hydrogens is 358 g/mol. The smallest absolute Gasteiger partial charge is 0.311 e. The number of hydrogen-bond donors (Lipinski definition) is 2. The lowest BCUT2D eigenvalue weighted by Crippen LogP contribution is -2.23. The molecule has 142 valence electrons. The zero-order chi connectivity index (χ0) is 19.5. The van der Waals surface area contributed by atoms with Gasteiger partial charge in [0.25, 0.3) is 0 Å². The van der Waals surface area contributed by atoms with Crippen molar-refractivity contribution in [3.8, 4) is 11.5 Å². The molecule has 2 heterocycles. The van der Waals surface area contributed by atoms with Gasteiger partial charge in [0.1, 0.15) is 17.4 Å². The van der Waals surface area contributed by atoms with Gasteiger partial charge in [-0.3, -0.25) is 10.1 Å². The van der Waals surface area contributed by atoms with Crippen LogP contribution in [0, 0.1) is 17.0 Å². The van der Waals surface area contributed by atoms with Crippen molar-refractivity contribution in [2.45, 2.75) is 19.4 Å². The summed E-state index contributed by atoms with van der Waals surface area (Å²) in [6.45, 7) is 2.68. The summed E-state index contributed by atoms with van der Waals surface area (Å²) in [6.07, 6.45) is 2.73. The highest BCUT2D eigenvalue weighted by Crippen LogP contribution is 2.34. The first-order valence-corrected chi connectivity index (χ1v) is 8.95. The SMILES string of the molecule is Cc1ncc2c(n1)NCCC2Nc1cccc(Oc2ccccc2[N+](=O)[O-])c1. The molecule has 0 radical (unpaired) electrons. The Labute approximate surface area is 161 Å². The predicted octanol–water partition coefficient (Wildman–Crippen LogP) is 4.45. The number of para-hydroxylation sites is 2. The monoisotopic (exact) mass is 377 g/mol. The van der Waals surface area contributed by atoms with E-state index in [0.29, 0.717) is 5.75 Å². The van der Waals surface area contributed by atoms with E-state index in [0.717, 1.165) is 35.9 Å². The average molecular weight is 377 g/mol. The molecule has 0 saturated heterocycles. The average Bonchev–Trinajstić information content (AvgIpc) is 2.68. The van der Waals surface area contributed by atoms with Crippen LogP contribution in [0.3, 0.4) is 0 Å². The van der Waals surface area contributed by atoms with Gasteiger partial charge in [-0.1, -0.05) is 18.2 Å². The van der Waals surface area contributed by atoms with Crippen molar-refractivity contribution < 1.29 is 9.66 Å². The Bertz CT molecular complexity index is 1020. The minimum atomic E-state index is -0.453. The number of nitrogens with one attached hydrogen (secondary N) is 2. The Balaban J connectivity index is 1.55. The lowest BCUT2D eigenvalue weighted by molar-refractivity contribution is -0.385. The second kappa shape index (κ2) is 7.51. The minimum Gasteiger partial charge on any atom is -0.450 e. The van der Waals surface area contributed by atoms with Gasteiger partial charge in [-0.25, -0.2) is 9.97 Å². The van der Waals surface area contributed by atoms with E-state index in [-0.39, 0.29) is 17.5 Å². The number of aryl methyl sites for hydroxylation is 1. The fraction of sp³-hybridized carbons (Fsp3) is 0.200. The van der Waals surface area contributed by atoms with E-state index in [9.17, 15) is 10.1 Å². The topological polar surface area (TPSA) is 102 Å².